The van der Waals surface area contributed by atoms with Crippen molar-refractivity contribution in [1.29, 1.82) is 0 Å². The van der Waals surface area contributed by atoms with Crippen LogP contribution in [0.1, 0.15) is 38.5 Å². The summed E-state index contributed by atoms with van der Waals surface area (Å²) in [6.45, 7) is 1.34. The van der Waals surface area contributed by atoms with E-state index in [1.54, 1.807) is 0 Å². The lowest BCUT2D eigenvalue weighted by molar-refractivity contribution is -0.123. The smallest absolute Gasteiger partial charge is 0.257 e. The quantitative estimate of drug-likeness (QED) is 0.601. The summed E-state index contributed by atoms with van der Waals surface area (Å²) in [6.07, 6.45) is 7.76. The van der Waals surface area contributed by atoms with Crippen LogP contribution in [0, 0.1) is 5.82 Å². The number of nitrogens with one attached hydrogen (secondary N) is 2. The van der Waals surface area contributed by atoms with Crippen LogP contribution in [0.3, 0.4) is 0 Å². The van der Waals surface area contributed by atoms with E-state index in [0.29, 0.717) is 18.3 Å². The summed E-state index contributed by atoms with van der Waals surface area (Å²) in [5.41, 5.74) is 0. The highest BCUT2D eigenvalue weighted by molar-refractivity contribution is 5.77. The number of hydrogen-bond donors (Lipinski definition) is 2. The lowest BCUT2D eigenvalue weighted by Gasteiger charge is -2.16. The molecule has 0 aromatic heterocycles. The molecule has 0 heterocycles. The molecule has 2 N–H and O–H groups in total. The average molecular weight is 308 g/mol. The maximum atomic E-state index is 12.7. The monoisotopic (exact) mass is 308 g/mol. The molecule has 0 saturated heterocycles. The Labute approximate surface area is 131 Å². The van der Waals surface area contributed by atoms with E-state index in [4.69, 9.17) is 4.74 Å². The second-order valence-electron chi connectivity index (χ2n) is 5.74. The third-order valence-corrected chi connectivity index (χ3v) is 3.92. The Morgan fingerprint density at radius 3 is 2.45 bits per heavy atom. The van der Waals surface area contributed by atoms with Gasteiger partial charge in [0, 0.05) is 19.1 Å². The number of benzene rings is 1. The van der Waals surface area contributed by atoms with Crippen LogP contribution < -0.4 is 15.4 Å². The molecule has 1 aliphatic carbocycles. The molecule has 2 rings (SSSR count). The molecule has 5 heteroatoms. The first-order chi connectivity index (χ1) is 10.7. The summed E-state index contributed by atoms with van der Waals surface area (Å²) in [5.74, 6) is 0.0153. The van der Waals surface area contributed by atoms with Crippen molar-refractivity contribution in [3.8, 4) is 5.75 Å². The minimum absolute atomic E-state index is 0.0466. The van der Waals surface area contributed by atoms with Gasteiger partial charge in [-0.2, -0.15) is 0 Å². The van der Waals surface area contributed by atoms with Gasteiger partial charge in [0.2, 0.25) is 0 Å². The van der Waals surface area contributed by atoms with Gasteiger partial charge < -0.3 is 15.4 Å². The summed E-state index contributed by atoms with van der Waals surface area (Å²) in [7, 11) is 0. The van der Waals surface area contributed by atoms with Crippen molar-refractivity contribution in [3.63, 3.8) is 0 Å². The molecule has 0 atom stereocenters. The van der Waals surface area contributed by atoms with Crippen LogP contribution in [0.15, 0.2) is 24.3 Å². The van der Waals surface area contributed by atoms with Gasteiger partial charge in [0.15, 0.2) is 6.61 Å². The second kappa shape index (κ2) is 9.41. The van der Waals surface area contributed by atoms with Crippen LogP contribution in [0.5, 0.6) is 5.75 Å². The molecule has 1 aromatic rings. The molecule has 0 bridgehead atoms. The van der Waals surface area contributed by atoms with Gasteiger partial charge in [-0.3, -0.25) is 4.79 Å². The lowest BCUT2D eigenvalue weighted by atomic mass is 10.1. The van der Waals surface area contributed by atoms with Crippen LogP contribution >= 0.6 is 0 Å². The fraction of sp³-hybridized carbons (Fsp3) is 0.588. The van der Waals surface area contributed by atoms with Gasteiger partial charge in [-0.1, -0.05) is 25.7 Å². The first-order valence-electron chi connectivity index (χ1n) is 8.12. The van der Waals surface area contributed by atoms with Crippen molar-refractivity contribution in [2.24, 2.45) is 0 Å². The number of halogens is 1. The Bertz CT molecular complexity index is 442. The zero-order chi connectivity index (χ0) is 15.6. The van der Waals surface area contributed by atoms with Crippen molar-refractivity contribution in [2.75, 3.05) is 19.7 Å². The van der Waals surface area contributed by atoms with Gasteiger partial charge >= 0.3 is 0 Å². The minimum atomic E-state index is -0.318. The normalized spacial score (nSPS) is 16.0. The first kappa shape index (κ1) is 16.7. The van der Waals surface area contributed by atoms with Crippen molar-refractivity contribution in [3.05, 3.63) is 30.1 Å². The lowest BCUT2D eigenvalue weighted by Crippen LogP contribution is -2.38. The molecule has 122 valence electrons. The fourth-order valence-corrected chi connectivity index (χ4v) is 2.69. The highest BCUT2D eigenvalue weighted by atomic mass is 19.1. The molecule has 0 spiro atoms. The molecule has 22 heavy (non-hydrogen) atoms. The van der Waals surface area contributed by atoms with Crippen molar-refractivity contribution in [1.82, 2.24) is 10.6 Å². The zero-order valence-corrected chi connectivity index (χ0v) is 12.9. The van der Waals surface area contributed by atoms with E-state index in [9.17, 15) is 9.18 Å². The number of amides is 1. The number of carbonyl (C=O) groups excluding carboxylic acids is 1. The van der Waals surface area contributed by atoms with Crippen LogP contribution in [-0.2, 0) is 4.79 Å². The fourth-order valence-electron chi connectivity index (χ4n) is 2.69. The van der Waals surface area contributed by atoms with E-state index in [2.05, 4.69) is 10.6 Å². The maximum Gasteiger partial charge on any atom is 0.257 e. The molecule has 0 aliphatic heterocycles. The van der Waals surface area contributed by atoms with E-state index in [0.717, 1.165) is 6.54 Å². The van der Waals surface area contributed by atoms with Gasteiger partial charge in [0.1, 0.15) is 11.6 Å². The second-order valence-corrected chi connectivity index (χ2v) is 5.74. The van der Waals surface area contributed by atoms with Gasteiger partial charge in [-0.05, 0) is 37.1 Å². The standard InChI is InChI=1S/C17H25FN2O2/c18-14-7-9-16(10-8-14)22-13-17(21)20-12-11-19-15-5-3-1-2-4-6-15/h7-10,15,19H,1-6,11-13H2,(H,20,21). The van der Waals surface area contributed by atoms with Crippen molar-refractivity contribution >= 4 is 5.91 Å². The van der Waals surface area contributed by atoms with Crippen LogP contribution in [-0.4, -0.2) is 31.6 Å². The summed E-state index contributed by atoms with van der Waals surface area (Å²) in [4.78, 5) is 11.7. The molecule has 1 amide bonds. The Balaban J connectivity index is 1.54. The van der Waals surface area contributed by atoms with Crippen molar-refractivity contribution in [2.45, 2.75) is 44.6 Å². The zero-order valence-electron chi connectivity index (χ0n) is 12.9. The van der Waals surface area contributed by atoms with Gasteiger partial charge in [0.25, 0.3) is 5.91 Å². The molecule has 0 unspecified atom stereocenters. The molecule has 1 saturated carbocycles. The van der Waals surface area contributed by atoms with Crippen LogP contribution in [0.25, 0.3) is 0 Å². The van der Waals surface area contributed by atoms with E-state index >= 15 is 0 Å². The molecule has 1 aromatic carbocycles. The van der Waals surface area contributed by atoms with Gasteiger partial charge in [-0.15, -0.1) is 0 Å². The molecule has 1 fully saturated rings. The topological polar surface area (TPSA) is 50.4 Å². The Morgan fingerprint density at radius 1 is 1.09 bits per heavy atom. The summed E-state index contributed by atoms with van der Waals surface area (Å²) in [6, 6.07) is 6.23. The highest BCUT2D eigenvalue weighted by Crippen LogP contribution is 2.16. The van der Waals surface area contributed by atoms with E-state index in [-0.39, 0.29) is 18.3 Å². The average Bonchev–Trinajstić information content (AvgIpc) is 2.80. The molecule has 1 aliphatic rings. The number of hydrogen-bond acceptors (Lipinski definition) is 3. The van der Waals surface area contributed by atoms with Crippen molar-refractivity contribution < 1.29 is 13.9 Å². The minimum Gasteiger partial charge on any atom is -0.484 e. The number of carbonyl (C=O) groups is 1. The molecule has 0 radical (unpaired) electrons. The SMILES string of the molecule is O=C(COc1ccc(F)cc1)NCCNC1CCCCCC1. The van der Waals surface area contributed by atoms with E-state index in [1.165, 1.54) is 62.8 Å². The largest absolute Gasteiger partial charge is 0.484 e. The maximum absolute atomic E-state index is 12.7. The van der Waals surface area contributed by atoms with Crippen LogP contribution in [0.2, 0.25) is 0 Å². The third-order valence-electron chi connectivity index (χ3n) is 3.92. The summed E-state index contributed by atoms with van der Waals surface area (Å²) >= 11 is 0. The third kappa shape index (κ3) is 6.43. The van der Waals surface area contributed by atoms with Crippen LogP contribution in [0.4, 0.5) is 4.39 Å². The summed E-state index contributed by atoms with van der Waals surface area (Å²) < 4.78 is 18.0. The van der Waals surface area contributed by atoms with E-state index < -0.39 is 0 Å². The number of rotatable bonds is 7. The van der Waals surface area contributed by atoms with E-state index in [1.807, 2.05) is 0 Å². The molecular formula is C17H25FN2O2. The Morgan fingerprint density at radius 2 is 1.77 bits per heavy atom. The predicted octanol–water partition coefficient (Wildman–Crippen LogP) is 2.63. The summed E-state index contributed by atoms with van der Waals surface area (Å²) in [5, 5.41) is 6.32. The number of ether oxygens (including phenoxy) is 1. The first-order valence-corrected chi connectivity index (χ1v) is 8.12. The van der Waals surface area contributed by atoms with Gasteiger partial charge in [-0.25, -0.2) is 4.39 Å². The van der Waals surface area contributed by atoms with Gasteiger partial charge in [0.05, 0.1) is 0 Å². The molecule has 4 nitrogen and oxygen atoms in total. The predicted molar refractivity (Wildman–Crippen MR) is 84.4 cm³/mol. The Kier molecular flexibility index (Phi) is 7.16. The Hall–Kier alpha value is -1.62. The molecular weight excluding hydrogens is 283 g/mol. The highest BCUT2D eigenvalue weighted by Gasteiger charge is 2.11.